The largest absolute Gasteiger partial charge is 0.368 e. The zero-order chi connectivity index (χ0) is 21.5. The molecule has 0 saturated heterocycles. The predicted molar refractivity (Wildman–Crippen MR) is 121 cm³/mol. The molecular formula is C21H17ClN8O. The van der Waals surface area contributed by atoms with Crippen LogP contribution in [-0.2, 0) is 6.54 Å². The summed E-state index contributed by atoms with van der Waals surface area (Å²) < 4.78 is 1.57. The maximum absolute atomic E-state index is 13.5. The van der Waals surface area contributed by atoms with Crippen LogP contribution in [0, 0.1) is 6.92 Å². The van der Waals surface area contributed by atoms with Crippen LogP contribution in [0.5, 0.6) is 0 Å². The predicted octanol–water partition coefficient (Wildman–Crippen LogP) is 3.21. The van der Waals surface area contributed by atoms with Gasteiger partial charge in [-0.25, -0.2) is 9.97 Å². The van der Waals surface area contributed by atoms with E-state index in [4.69, 9.17) is 22.3 Å². The number of anilines is 2. The molecule has 0 bridgehead atoms. The number of benzene rings is 2. The summed E-state index contributed by atoms with van der Waals surface area (Å²) >= 11 is 6.35. The molecule has 5 rings (SSSR count). The van der Waals surface area contributed by atoms with Crippen molar-refractivity contribution in [2.24, 2.45) is 0 Å². The minimum atomic E-state index is -0.242. The van der Waals surface area contributed by atoms with Gasteiger partial charge in [-0.2, -0.15) is 9.97 Å². The molecule has 0 unspecified atom stereocenters. The molecule has 0 radical (unpaired) electrons. The Morgan fingerprint density at radius 2 is 1.97 bits per heavy atom. The quantitative estimate of drug-likeness (QED) is 0.397. The van der Waals surface area contributed by atoms with Crippen molar-refractivity contribution in [1.29, 1.82) is 0 Å². The molecule has 0 saturated carbocycles. The summed E-state index contributed by atoms with van der Waals surface area (Å²) in [5.41, 5.74) is 8.81. The van der Waals surface area contributed by atoms with Gasteiger partial charge < -0.3 is 16.0 Å². The zero-order valence-electron chi connectivity index (χ0n) is 16.4. The number of rotatable bonds is 4. The number of H-pyrrole nitrogens is 1. The van der Waals surface area contributed by atoms with E-state index in [0.29, 0.717) is 38.7 Å². The highest BCUT2D eigenvalue weighted by atomic mass is 35.5. The molecule has 9 nitrogen and oxygen atoms in total. The third-order valence-corrected chi connectivity index (χ3v) is 5.30. The molecule has 4 N–H and O–H groups in total. The van der Waals surface area contributed by atoms with Crippen LogP contribution in [0.15, 0.2) is 53.6 Å². The average molecular weight is 433 g/mol. The monoisotopic (exact) mass is 432 g/mol. The Morgan fingerprint density at radius 1 is 1.13 bits per heavy atom. The molecule has 154 valence electrons. The van der Waals surface area contributed by atoms with Crippen LogP contribution in [0.4, 0.5) is 11.8 Å². The van der Waals surface area contributed by atoms with Crippen LogP contribution in [-0.4, -0.2) is 29.5 Å². The number of aromatic nitrogens is 6. The van der Waals surface area contributed by atoms with Gasteiger partial charge in [0.1, 0.15) is 11.3 Å². The maximum Gasteiger partial charge on any atom is 0.267 e. The van der Waals surface area contributed by atoms with E-state index in [1.807, 2.05) is 31.2 Å². The van der Waals surface area contributed by atoms with Gasteiger partial charge in [0.15, 0.2) is 11.5 Å². The van der Waals surface area contributed by atoms with Crippen LogP contribution in [0.1, 0.15) is 11.4 Å². The molecular weight excluding hydrogens is 416 g/mol. The fraction of sp³-hybridized carbons (Fsp3) is 0.0952. The number of nitrogens with two attached hydrogens (primary N) is 1. The number of aryl methyl sites for hydroxylation is 1. The van der Waals surface area contributed by atoms with Crippen LogP contribution in [0.3, 0.4) is 0 Å². The Bertz CT molecular complexity index is 1510. The number of fused-ring (bicyclic) bond motifs is 2. The van der Waals surface area contributed by atoms with Gasteiger partial charge in [0.25, 0.3) is 5.56 Å². The lowest BCUT2D eigenvalue weighted by atomic mass is 10.1. The molecule has 3 aromatic heterocycles. The second-order valence-electron chi connectivity index (χ2n) is 6.97. The minimum absolute atomic E-state index is 0.105. The molecule has 0 atom stereocenters. The van der Waals surface area contributed by atoms with Crippen molar-refractivity contribution in [3.05, 3.63) is 75.6 Å². The van der Waals surface area contributed by atoms with Gasteiger partial charge >= 0.3 is 0 Å². The van der Waals surface area contributed by atoms with Crippen molar-refractivity contribution in [1.82, 2.24) is 29.5 Å². The summed E-state index contributed by atoms with van der Waals surface area (Å²) in [5.74, 6) is 1.05. The first-order valence-corrected chi connectivity index (χ1v) is 9.87. The van der Waals surface area contributed by atoms with Gasteiger partial charge in [-0.1, -0.05) is 35.9 Å². The highest BCUT2D eigenvalue weighted by molar-refractivity contribution is 6.35. The van der Waals surface area contributed by atoms with Gasteiger partial charge in [0.2, 0.25) is 5.95 Å². The van der Waals surface area contributed by atoms with E-state index in [1.165, 1.54) is 6.33 Å². The van der Waals surface area contributed by atoms with Crippen molar-refractivity contribution in [3.63, 3.8) is 0 Å². The number of hydrogen-bond acceptors (Lipinski definition) is 7. The first-order valence-electron chi connectivity index (χ1n) is 9.49. The topological polar surface area (TPSA) is 127 Å². The number of para-hydroxylation sites is 1. The normalized spacial score (nSPS) is 11.3. The average Bonchev–Trinajstić information content (AvgIpc) is 3.21. The lowest BCUT2D eigenvalue weighted by molar-refractivity contribution is 0.832. The molecule has 3 heterocycles. The number of nitrogens with zero attached hydrogens (tertiary/aromatic N) is 5. The molecule has 0 aliphatic rings. The summed E-state index contributed by atoms with van der Waals surface area (Å²) in [6.07, 6.45) is 1.52. The summed E-state index contributed by atoms with van der Waals surface area (Å²) in [7, 11) is 0. The van der Waals surface area contributed by atoms with Crippen LogP contribution in [0.2, 0.25) is 5.02 Å². The van der Waals surface area contributed by atoms with Crippen LogP contribution >= 0.6 is 11.6 Å². The lowest BCUT2D eigenvalue weighted by Gasteiger charge is -2.16. The number of nitrogen functional groups attached to an aromatic ring is 1. The van der Waals surface area contributed by atoms with Crippen molar-refractivity contribution in [2.45, 2.75) is 13.5 Å². The van der Waals surface area contributed by atoms with E-state index in [2.05, 4.69) is 25.3 Å². The van der Waals surface area contributed by atoms with Gasteiger partial charge in [-0.3, -0.25) is 9.36 Å². The molecule has 0 aliphatic carbocycles. The maximum atomic E-state index is 13.5. The Labute approximate surface area is 181 Å². The highest BCUT2D eigenvalue weighted by Crippen LogP contribution is 2.23. The third kappa shape index (κ3) is 3.24. The third-order valence-electron chi connectivity index (χ3n) is 4.98. The number of halogens is 1. The lowest BCUT2D eigenvalue weighted by Crippen LogP contribution is -2.26. The standard InChI is InChI=1S/C21H17ClN8O/c1-11-5-2-3-8-14(11)30-15(27-13-7-4-6-12(22)16(13)20(30)31)9-24-18-17-19(26-10-25-17)29-21(23)28-18/h2-8,10H,9H2,1H3,(H4,23,24,25,26,28,29). The number of hydrogen-bond donors (Lipinski definition) is 3. The van der Waals surface area contributed by atoms with Crippen molar-refractivity contribution >= 4 is 45.4 Å². The van der Waals surface area contributed by atoms with E-state index in [-0.39, 0.29) is 18.1 Å². The second-order valence-corrected chi connectivity index (χ2v) is 7.38. The first-order chi connectivity index (χ1) is 15.0. The van der Waals surface area contributed by atoms with Gasteiger partial charge in [-0.15, -0.1) is 0 Å². The number of imidazole rings is 1. The molecule has 2 aromatic carbocycles. The molecule has 0 amide bonds. The smallest absolute Gasteiger partial charge is 0.267 e. The molecule has 0 aliphatic heterocycles. The van der Waals surface area contributed by atoms with E-state index in [1.54, 1.807) is 22.8 Å². The highest BCUT2D eigenvalue weighted by Gasteiger charge is 2.17. The molecule has 0 spiro atoms. The summed E-state index contributed by atoms with van der Waals surface area (Å²) in [4.78, 5) is 33.8. The molecule has 5 aromatic rings. The molecule has 10 heteroatoms. The van der Waals surface area contributed by atoms with Crippen LogP contribution in [0.25, 0.3) is 27.8 Å². The Hall–Kier alpha value is -3.98. The summed E-state index contributed by atoms with van der Waals surface area (Å²) in [6, 6.07) is 12.8. The SMILES string of the molecule is Cc1ccccc1-n1c(CNc2nc(N)nc3[nH]cnc23)nc2cccc(Cl)c2c1=O. The van der Waals surface area contributed by atoms with Gasteiger partial charge in [-0.05, 0) is 30.7 Å². The number of aromatic amines is 1. The van der Waals surface area contributed by atoms with Crippen LogP contribution < -0.4 is 16.6 Å². The van der Waals surface area contributed by atoms with E-state index < -0.39 is 0 Å². The van der Waals surface area contributed by atoms with Gasteiger partial charge in [0.05, 0.1) is 34.5 Å². The zero-order valence-corrected chi connectivity index (χ0v) is 17.2. The number of nitrogens with one attached hydrogen (secondary N) is 2. The van der Waals surface area contributed by atoms with E-state index >= 15 is 0 Å². The van der Waals surface area contributed by atoms with Crippen molar-refractivity contribution in [3.8, 4) is 5.69 Å². The Morgan fingerprint density at radius 3 is 2.81 bits per heavy atom. The van der Waals surface area contributed by atoms with E-state index in [0.717, 1.165) is 11.3 Å². The Balaban J connectivity index is 1.69. The van der Waals surface area contributed by atoms with Gasteiger partial charge in [0, 0.05) is 0 Å². The fourth-order valence-corrected chi connectivity index (χ4v) is 3.81. The van der Waals surface area contributed by atoms with E-state index in [9.17, 15) is 4.79 Å². The van der Waals surface area contributed by atoms with Crippen molar-refractivity contribution in [2.75, 3.05) is 11.1 Å². The first kappa shape index (κ1) is 19.0. The minimum Gasteiger partial charge on any atom is -0.368 e. The van der Waals surface area contributed by atoms with Crippen molar-refractivity contribution < 1.29 is 0 Å². The summed E-state index contributed by atoms with van der Waals surface area (Å²) in [5, 5.41) is 3.93. The Kier molecular flexibility index (Phi) is 4.52. The molecule has 31 heavy (non-hydrogen) atoms. The summed E-state index contributed by atoms with van der Waals surface area (Å²) in [6.45, 7) is 2.14. The second kappa shape index (κ2) is 7.37. The molecule has 0 fully saturated rings. The fourth-order valence-electron chi connectivity index (χ4n) is 3.56.